The van der Waals surface area contributed by atoms with Gasteiger partial charge in [0.25, 0.3) is 0 Å². The van der Waals surface area contributed by atoms with Crippen LogP contribution in [0.25, 0.3) is 67.0 Å². The highest BCUT2D eigenvalue weighted by Crippen LogP contribution is 2.37. The second-order valence-electron chi connectivity index (χ2n) is 9.65. The van der Waals surface area contributed by atoms with E-state index in [-0.39, 0.29) is 0 Å². The minimum Gasteiger partial charge on any atom is -0.301 e. The fourth-order valence-electron chi connectivity index (χ4n) is 5.57. The van der Waals surface area contributed by atoms with Crippen molar-refractivity contribution >= 4 is 32.7 Å². The van der Waals surface area contributed by atoms with Crippen molar-refractivity contribution in [3.05, 3.63) is 134 Å². The van der Waals surface area contributed by atoms with Crippen LogP contribution in [0, 0.1) is 0 Å². The van der Waals surface area contributed by atoms with Crippen molar-refractivity contribution in [3.8, 4) is 34.3 Å². The number of para-hydroxylation sites is 1. The highest BCUT2D eigenvalue weighted by atomic mass is 15.1. The molecule has 0 aliphatic carbocycles. The van der Waals surface area contributed by atoms with E-state index < -0.39 is 0 Å². The third-order valence-corrected chi connectivity index (χ3v) is 7.33. The topological polar surface area (TPSA) is 61.4 Å². The minimum atomic E-state index is 0.843. The maximum absolute atomic E-state index is 5.04. The van der Waals surface area contributed by atoms with Gasteiger partial charge in [0.05, 0.1) is 33.6 Å². The molecule has 188 valence electrons. The number of pyridine rings is 4. The lowest BCUT2D eigenvalue weighted by molar-refractivity contribution is 1.05. The molecule has 0 N–H and O–H groups in total. The fraction of sp³-hybridized carbons (Fsp3) is 0. The zero-order valence-electron chi connectivity index (χ0n) is 21.4. The van der Waals surface area contributed by atoms with Gasteiger partial charge in [0.1, 0.15) is 11.6 Å². The third-order valence-electron chi connectivity index (χ3n) is 7.33. The van der Waals surface area contributed by atoms with Gasteiger partial charge in [-0.2, -0.15) is 0 Å². The normalized spacial score (nSPS) is 11.5. The highest BCUT2D eigenvalue weighted by Gasteiger charge is 2.18. The van der Waals surface area contributed by atoms with Crippen molar-refractivity contribution < 1.29 is 0 Å². The first kappa shape index (κ1) is 22.4. The Bertz CT molecular complexity index is 2160. The van der Waals surface area contributed by atoms with Crippen LogP contribution in [0.5, 0.6) is 0 Å². The molecule has 8 rings (SSSR count). The van der Waals surface area contributed by atoms with Crippen LogP contribution >= 0.6 is 0 Å². The molecule has 0 unspecified atom stereocenters. The number of benzene rings is 2. The molecule has 0 fully saturated rings. The first-order chi connectivity index (χ1) is 19.8. The van der Waals surface area contributed by atoms with Gasteiger partial charge in [-0.1, -0.05) is 36.4 Å². The van der Waals surface area contributed by atoms with E-state index in [1.807, 2.05) is 66.9 Å². The summed E-state index contributed by atoms with van der Waals surface area (Å²) < 4.78 is 4.40. The lowest BCUT2D eigenvalue weighted by atomic mass is 10.1. The van der Waals surface area contributed by atoms with E-state index in [9.17, 15) is 0 Å². The van der Waals surface area contributed by atoms with Crippen molar-refractivity contribution in [2.75, 3.05) is 0 Å². The number of fused-ring (bicyclic) bond motifs is 5. The largest absolute Gasteiger partial charge is 0.301 e. The number of aromatic nitrogens is 6. The molecule has 2 aromatic carbocycles. The molecule has 0 radical (unpaired) electrons. The Morgan fingerprint density at radius 1 is 0.500 bits per heavy atom. The summed E-state index contributed by atoms with van der Waals surface area (Å²) in [6.07, 6.45) is 7.52. The number of rotatable bonds is 4. The summed E-state index contributed by atoms with van der Waals surface area (Å²) >= 11 is 0. The quantitative estimate of drug-likeness (QED) is 0.242. The molecule has 8 aromatic rings. The standard InChI is InChI=1S/C34H22N6/c1-2-13-30-24(9-1)34-25-18-21-39(32-14-5-11-26(37-32)23-8-7-19-35-22-23)29(25)16-17-31(34)40(30)33-15-6-12-28(38-33)27-10-3-4-20-36-27/h1-22H. The van der Waals surface area contributed by atoms with Gasteiger partial charge < -0.3 is 4.57 Å². The molecule has 0 amide bonds. The molecule has 6 heteroatoms. The second kappa shape index (κ2) is 8.99. The van der Waals surface area contributed by atoms with E-state index in [1.54, 1.807) is 12.4 Å². The summed E-state index contributed by atoms with van der Waals surface area (Å²) in [5, 5.41) is 3.55. The van der Waals surface area contributed by atoms with Crippen molar-refractivity contribution in [3.63, 3.8) is 0 Å². The molecule has 6 heterocycles. The van der Waals surface area contributed by atoms with Crippen LogP contribution in [0.1, 0.15) is 0 Å². The monoisotopic (exact) mass is 514 g/mol. The molecular weight excluding hydrogens is 492 g/mol. The molecule has 6 aromatic heterocycles. The van der Waals surface area contributed by atoms with Gasteiger partial charge in [-0.3, -0.25) is 14.5 Å². The molecule has 0 saturated heterocycles. The Hall–Kier alpha value is -5.62. The number of hydrogen-bond acceptors (Lipinski definition) is 4. The van der Waals surface area contributed by atoms with Gasteiger partial charge >= 0.3 is 0 Å². The van der Waals surface area contributed by atoms with Gasteiger partial charge in [0.15, 0.2) is 0 Å². The Balaban J connectivity index is 1.34. The first-order valence-electron chi connectivity index (χ1n) is 13.1. The maximum atomic E-state index is 5.04. The molecule has 0 aliphatic heterocycles. The van der Waals surface area contributed by atoms with E-state index in [0.717, 1.165) is 50.8 Å². The van der Waals surface area contributed by atoms with Gasteiger partial charge in [0, 0.05) is 46.5 Å². The molecule has 0 atom stereocenters. The van der Waals surface area contributed by atoms with E-state index >= 15 is 0 Å². The summed E-state index contributed by atoms with van der Waals surface area (Å²) in [5.41, 5.74) is 6.90. The molecule has 6 nitrogen and oxygen atoms in total. The van der Waals surface area contributed by atoms with E-state index in [2.05, 4.69) is 73.8 Å². The summed E-state index contributed by atoms with van der Waals surface area (Å²) in [5.74, 6) is 1.73. The van der Waals surface area contributed by atoms with Crippen LogP contribution in [-0.4, -0.2) is 29.1 Å². The average Bonchev–Trinajstić information content (AvgIpc) is 3.61. The van der Waals surface area contributed by atoms with Gasteiger partial charge in [-0.25, -0.2) is 9.97 Å². The predicted octanol–water partition coefficient (Wildman–Crippen LogP) is 7.64. The Kier molecular flexibility index (Phi) is 5.03. The molecule has 0 aliphatic rings. The van der Waals surface area contributed by atoms with Crippen LogP contribution in [0.4, 0.5) is 0 Å². The van der Waals surface area contributed by atoms with Crippen molar-refractivity contribution in [2.24, 2.45) is 0 Å². The smallest absolute Gasteiger partial charge is 0.138 e. The molecule has 0 saturated carbocycles. The summed E-state index contributed by atoms with van der Waals surface area (Å²) in [6, 6.07) is 37.1. The summed E-state index contributed by atoms with van der Waals surface area (Å²) in [7, 11) is 0. The minimum absolute atomic E-state index is 0.843. The van der Waals surface area contributed by atoms with Gasteiger partial charge in [-0.15, -0.1) is 0 Å². The summed E-state index contributed by atoms with van der Waals surface area (Å²) in [4.78, 5) is 18.8. The number of hydrogen-bond donors (Lipinski definition) is 0. The van der Waals surface area contributed by atoms with Crippen molar-refractivity contribution in [1.29, 1.82) is 0 Å². The average molecular weight is 515 g/mol. The maximum Gasteiger partial charge on any atom is 0.138 e. The number of nitrogens with zero attached hydrogens (tertiary/aromatic N) is 6. The van der Waals surface area contributed by atoms with Crippen LogP contribution in [-0.2, 0) is 0 Å². The Morgan fingerprint density at radius 2 is 1.27 bits per heavy atom. The lowest BCUT2D eigenvalue weighted by Gasteiger charge is -2.10. The molecular formula is C34H22N6. The van der Waals surface area contributed by atoms with Crippen molar-refractivity contribution in [2.45, 2.75) is 0 Å². The van der Waals surface area contributed by atoms with Crippen LogP contribution in [0.15, 0.2) is 134 Å². The lowest BCUT2D eigenvalue weighted by Crippen LogP contribution is -1.99. The summed E-state index contributed by atoms with van der Waals surface area (Å²) in [6.45, 7) is 0. The third kappa shape index (κ3) is 3.50. The Morgan fingerprint density at radius 3 is 2.15 bits per heavy atom. The van der Waals surface area contributed by atoms with E-state index in [4.69, 9.17) is 9.97 Å². The highest BCUT2D eigenvalue weighted by molar-refractivity contribution is 6.21. The zero-order valence-corrected chi connectivity index (χ0v) is 21.4. The Labute approximate surface area is 229 Å². The van der Waals surface area contributed by atoms with Crippen LogP contribution in [0.3, 0.4) is 0 Å². The van der Waals surface area contributed by atoms with Gasteiger partial charge in [0.2, 0.25) is 0 Å². The van der Waals surface area contributed by atoms with Crippen LogP contribution in [0.2, 0.25) is 0 Å². The van der Waals surface area contributed by atoms with Crippen molar-refractivity contribution in [1.82, 2.24) is 29.1 Å². The van der Waals surface area contributed by atoms with E-state index in [0.29, 0.717) is 0 Å². The molecule has 0 bridgehead atoms. The predicted molar refractivity (Wildman–Crippen MR) is 160 cm³/mol. The molecule has 0 spiro atoms. The molecule has 40 heavy (non-hydrogen) atoms. The SMILES string of the molecule is c1ccc(-c2cccc(-n3c4ccccc4c4c5ccn(-c6cccc(-c7cccnc7)n6)c5ccc43)n2)nc1. The fourth-order valence-corrected chi connectivity index (χ4v) is 5.57. The van der Waals surface area contributed by atoms with Gasteiger partial charge in [-0.05, 0) is 72.8 Å². The first-order valence-corrected chi connectivity index (χ1v) is 13.1. The van der Waals surface area contributed by atoms with Crippen LogP contribution < -0.4 is 0 Å². The van der Waals surface area contributed by atoms with E-state index in [1.165, 1.54) is 16.2 Å². The zero-order chi connectivity index (χ0) is 26.5. The second-order valence-corrected chi connectivity index (χ2v) is 9.65.